The summed E-state index contributed by atoms with van der Waals surface area (Å²) < 4.78 is 12.8. The van der Waals surface area contributed by atoms with Crippen molar-refractivity contribution >= 4 is 5.78 Å². The van der Waals surface area contributed by atoms with E-state index < -0.39 is 5.60 Å². The third kappa shape index (κ3) is 3.37. The van der Waals surface area contributed by atoms with Gasteiger partial charge < -0.3 is 5.11 Å². The van der Waals surface area contributed by atoms with Crippen LogP contribution in [-0.2, 0) is 0 Å². The van der Waals surface area contributed by atoms with Crippen LogP contribution >= 0.6 is 0 Å². The first-order valence-electron chi connectivity index (χ1n) is 6.20. The van der Waals surface area contributed by atoms with Crippen molar-refractivity contribution in [2.45, 2.75) is 25.4 Å². The molecule has 1 aliphatic heterocycles. The first kappa shape index (κ1) is 13.2. The van der Waals surface area contributed by atoms with Gasteiger partial charge in [0.2, 0.25) is 0 Å². The zero-order valence-corrected chi connectivity index (χ0v) is 10.5. The number of ketones is 1. The Kier molecular flexibility index (Phi) is 3.78. The average Bonchev–Trinajstić information content (AvgIpc) is 2.28. The number of hydrogen-bond donors (Lipinski definition) is 1. The van der Waals surface area contributed by atoms with Crippen molar-refractivity contribution in [3.63, 3.8) is 0 Å². The van der Waals surface area contributed by atoms with Gasteiger partial charge in [-0.25, -0.2) is 4.39 Å². The lowest BCUT2D eigenvalue weighted by Crippen LogP contribution is -2.47. The first-order valence-corrected chi connectivity index (χ1v) is 6.20. The van der Waals surface area contributed by atoms with Gasteiger partial charge in [0.1, 0.15) is 5.82 Å². The summed E-state index contributed by atoms with van der Waals surface area (Å²) in [6, 6.07) is 5.58. The number of benzene rings is 1. The van der Waals surface area contributed by atoms with Crippen LogP contribution in [0.15, 0.2) is 24.3 Å². The van der Waals surface area contributed by atoms with Gasteiger partial charge in [0.15, 0.2) is 5.78 Å². The molecular formula is C14H18FNO2. The van der Waals surface area contributed by atoms with E-state index in [1.165, 1.54) is 24.3 Å². The van der Waals surface area contributed by atoms with E-state index in [1.807, 2.05) is 4.90 Å². The van der Waals surface area contributed by atoms with Crippen LogP contribution < -0.4 is 0 Å². The van der Waals surface area contributed by atoms with Crippen LogP contribution in [0.5, 0.6) is 0 Å². The molecule has 1 unspecified atom stereocenters. The normalized spacial score (nSPS) is 25.1. The Bertz CT molecular complexity index is 428. The lowest BCUT2D eigenvalue weighted by Gasteiger charge is -2.36. The lowest BCUT2D eigenvalue weighted by atomic mass is 9.95. The number of hydrogen-bond acceptors (Lipinski definition) is 3. The summed E-state index contributed by atoms with van der Waals surface area (Å²) >= 11 is 0. The Labute approximate surface area is 106 Å². The van der Waals surface area contributed by atoms with Crippen LogP contribution in [0.2, 0.25) is 0 Å². The molecule has 18 heavy (non-hydrogen) atoms. The van der Waals surface area contributed by atoms with E-state index in [4.69, 9.17) is 0 Å². The Morgan fingerprint density at radius 2 is 2.11 bits per heavy atom. The number of aliphatic hydroxyl groups is 1. The van der Waals surface area contributed by atoms with Gasteiger partial charge in [-0.05, 0) is 50.6 Å². The number of Topliss-reactive ketones (excluding diaryl/α,β-unsaturated/α-hetero) is 1. The number of carbonyl (C=O) groups is 1. The van der Waals surface area contributed by atoms with Crippen molar-refractivity contribution in [3.8, 4) is 0 Å². The third-order valence-corrected chi connectivity index (χ3v) is 3.29. The van der Waals surface area contributed by atoms with Gasteiger partial charge in [0, 0.05) is 12.1 Å². The topological polar surface area (TPSA) is 40.5 Å². The molecule has 1 aromatic rings. The largest absolute Gasteiger partial charge is 0.389 e. The fourth-order valence-corrected chi connectivity index (χ4v) is 2.39. The fourth-order valence-electron chi connectivity index (χ4n) is 2.39. The minimum Gasteiger partial charge on any atom is -0.389 e. The van der Waals surface area contributed by atoms with Crippen LogP contribution in [0.25, 0.3) is 0 Å². The summed E-state index contributed by atoms with van der Waals surface area (Å²) in [7, 11) is 0. The van der Waals surface area contributed by atoms with Crippen LogP contribution in [0.3, 0.4) is 0 Å². The third-order valence-electron chi connectivity index (χ3n) is 3.29. The van der Waals surface area contributed by atoms with E-state index in [-0.39, 0.29) is 18.1 Å². The molecule has 3 nitrogen and oxygen atoms in total. The van der Waals surface area contributed by atoms with E-state index in [0.29, 0.717) is 12.1 Å². The Hall–Kier alpha value is -1.26. The highest BCUT2D eigenvalue weighted by Crippen LogP contribution is 2.20. The van der Waals surface area contributed by atoms with E-state index in [1.54, 1.807) is 6.92 Å². The molecule has 2 rings (SSSR count). The first-order chi connectivity index (χ1) is 8.46. The van der Waals surface area contributed by atoms with E-state index in [0.717, 1.165) is 19.4 Å². The minimum atomic E-state index is -0.707. The zero-order valence-electron chi connectivity index (χ0n) is 10.5. The summed E-state index contributed by atoms with van der Waals surface area (Å²) in [4.78, 5) is 13.9. The number of piperidine rings is 1. The molecule has 1 aromatic carbocycles. The van der Waals surface area contributed by atoms with Gasteiger partial charge in [-0.2, -0.15) is 0 Å². The van der Waals surface area contributed by atoms with E-state index in [9.17, 15) is 14.3 Å². The van der Waals surface area contributed by atoms with Crippen molar-refractivity contribution in [1.82, 2.24) is 4.90 Å². The fraction of sp³-hybridized carbons (Fsp3) is 0.500. The quantitative estimate of drug-likeness (QED) is 0.834. The monoisotopic (exact) mass is 251 g/mol. The molecule has 1 atom stereocenters. The Morgan fingerprint density at radius 1 is 1.44 bits per heavy atom. The molecule has 1 heterocycles. The van der Waals surface area contributed by atoms with Crippen molar-refractivity contribution in [2.24, 2.45) is 0 Å². The summed E-state index contributed by atoms with van der Waals surface area (Å²) in [6.45, 7) is 3.41. The van der Waals surface area contributed by atoms with Crippen molar-refractivity contribution in [1.29, 1.82) is 0 Å². The number of halogens is 1. The maximum Gasteiger partial charge on any atom is 0.176 e. The molecule has 1 saturated heterocycles. The van der Waals surface area contributed by atoms with Gasteiger partial charge in [-0.3, -0.25) is 9.69 Å². The molecule has 1 aliphatic rings. The summed E-state index contributed by atoms with van der Waals surface area (Å²) in [5.41, 5.74) is -0.192. The second-order valence-electron chi connectivity index (χ2n) is 5.24. The number of β-amino-alcohol motifs (C(OH)–C–C–N with tert-alkyl or cyclic N) is 1. The molecular weight excluding hydrogens is 233 g/mol. The van der Waals surface area contributed by atoms with Crippen molar-refractivity contribution < 1.29 is 14.3 Å². The van der Waals surface area contributed by atoms with Gasteiger partial charge in [-0.1, -0.05) is 0 Å². The smallest absolute Gasteiger partial charge is 0.176 e. The minimum absolute atomic E-state index is 0.0345. The second-order valence-corrected chi connectivity index (χ2v) is 5.24. The molecule has 98 valence electrons. The second kappa shape index (κ2) is 5.16. The lowest BCUT2D eigenvalue weighted by molar-refractivity contribution is -0.0132. The maximum atomic E-state index is 12.8. The van der Waals surface area contributed by atoms with Crippen LogP contribution in [0.4, 0.5) is 4.39 Å². The molecule has 1 N–H and O–H groups in total. The standard InChI is InChI=1S/C14H18FNO2/c1-14(18)7-2-8-16(10-14)9-13(17)11-3-5-12(15)6-4-11/h3-6,18H,2,7-10H2,1H3. The number of likely N-dealkylation sites (tertiary alicyclic amines) is 1. The highest BCUT2D eigenvalue weighted by molar-refractivity contribution is 5.97. The molecule has 4 heteroatoms. The molecule has 1 fully saturated rings. The van der Waals surface area contributed by atoms with Gasteiger partial charge >= 0.3 is 0 Å². The molecule has 0 aromatic heterocycles. The molecule has 0 radical (unpaired) electrons. The molecule has 0 bridgehead atoms. The summed E-state index contributed by atoms with van der Waals surface area (Å²) in [5, 5.41) is 9.96. The average molecular weight is 251 g/mol. The van der Waals surface area contributed by atoms with Crippen LogP contribution in [-0.4, -0.2) is 41.0 Å². The maximum absolute atomic E-state index is 12.8. The van der Waals surface area contributed by atoms with Crippen LogP contribution in [0.1, 0.15) is 30.1 Å². The van der Waals surface area contributed by atoms with Gasteiger partial charge in [0.05, 0.1) is 12.1 Å². The van der Waals surface area contributed by atoms with Crippen molar-refractivity contribution in [3.05, 3.63) is 35.6 Å². The predicted octanol–water partition coefficient (Wildman–Crippen LogP) is 1.86. The van der Waals surface area contributed by atoms with Gasteiger partial charge in [-0.15, -0.1) is 0 Å². The van der Waals surface area contributed by atoms with Gasteiger partial charge in [0.25, 0.3) is 0 Å². The van der Waals surface area contributed by atoms with E-state index >= 15 is 0 Å². The van der Waals surface area contributed by atoms with E-state index in [2.05, 4.69) is 0 Å². The van der Waals surface area contributed by atoms with Crippen molar-refractivity contribution in [2.75, 3.05) is 19.6 Å². The summed E-state index contributed by atoms with van der Waals surface area (Å²) in [6.07, 6.45) is 1.66. The van der Waals surface area contributed by atoms with Crippen LogP contribution in [0, 0.1) is 5.82 Å². The highest BCUT2D eigenvalue weighted by Gasteiger charge is 2.29. The highest BCUT2D eigenvalue weighted by atomic mass is 19.1. The molecule has 0 spiro atoms. The number of rotatable bonds is 3. The Morgan fingerprint density at radius 3 is 2.72 bits per heavy atom. The SMILES string of the molecule is CC1(O)CCCN(CC(=O)c2ccc(F)cc2)C1. The molecule has 0 saturated carbocycles. The summed E-state index contributed by atoms with van der Waals surface area (Å²) in [5.74, 6) is -0.375. The predicted molar refractivity (Wildman–Crippen MR) is 67.0 cm³/mol. The number of carbonyl (C=O) groups excluding carboxylic acids is 1. The number of nitrogens with zero attached hydrogens (tertiary/aromatic N) is 1. The molecule has 0 aliphatic carbocycles. The zero-order chi connectivity index (χ0) is 13.2. The molecule has 0 amide bonds. The Balaban J connectivity index is 1.97.